The Labute approximate surface area is 143 Å². The lowest BCUT2D eigenvalue weighted by atomic mass is 10.2. The predicted octanol–water partition coefficient (Wildman–Crippen LogP) is 2.58. The van der Waals surface area contributed by atoms with Crippen molar-refractivity contribution in [3.8, 4) is 0 Å². The fourth-order valence-corrected chi connectivity index (χ4v) is 3.56. The first-order valence-electron chi connectivity index (χ1n) is 8.35. The number of amides is 1. The molecule has 0 saturated carbocycles. The highest BCUT2D eigenvalue weighted by atomic mass is 16.2. The number of nitrogens with zero attached hydrogens (tertiary/aromatic N) is 5. The summed E-state index contributed by atoms with van der Waals surface area (Å²) >= 11 is 0. The van der Waals surface area contributed by atoms with Gasteiger partial charge in [0.05, 0.1) is 23.3 Å². The molecule has 0 unspecified atom stereocenters. The molecule has 25 heavy (non-hydrogen) atoms. The zero-order valence-corrected chi connectivity index (χ0v) is 13.5. The van der Waals surface area contributed by atoms with E-state index in [0.29, 0.717) is 17.8 Å². The molecule has 5 rings (SSSR count). The van der Waals surface area contributed by atoms with Crippen LogP contribution in [0.4, 0.5) is 0 Å². The van der Waals surface area contributed by atoms with E-state index < -0.39 is 0 Å². The Balaban J connectivity index is 1.53. The number of hydrogen-bond donors (Lipinski definition) is 1. The zero-order chi connectivity index (χ0) is 16.8. The van der Waals surface area contributed by atoms with Crippen LogP contribution in [0, 0.1) is 0 Å². The first-order chi connectivity index (χ1) is 12.3. The molecule has 1 N–H and O–H groups in total. The molecule has 0 aliphatic carbocycles. The molecule has 0 radical (unpaired) electrons. The summed E-state index contributed by atoms with van der Waals surface area (Å²) in [6, 6.07) is 9.68. The van der Waals surface area contributed by atoms with E-state index in [4.69, 9.17) is 0 Å². The Bertz CT molecular complexity index is 1050. The Kier molecular flexibility index (Phi) is 3.06. The summed E-state index contributed by atoms with van der Waals surface area (Å²) in [5.74, 6) is 0.799. The van der Waals surface area contributed by atoms with Gasteiger partial charge in [-0.15, -0.1) is 0 Å². The maximum Gasteiger partial charge on any atom is 0.259 e. The topological polar surface area (TPSA) is 79.2 Å². The third-order valence-electron chi connectivity index (χ3n) is 4.75. The van der Waals surface area contributed by atoms with Crippen LogP contribution in [0.5, 0.6) is 0 Å². The molecule has 0 bridgehead atoms. The Morgan fingerprint density at radius 2 is 2.16 bits per heavy atom. The van der Waals surface area contributed by atoms with Gasteiger partial charge in [0.25, 0.3) is 5.91 Å². The van der Waals surface area contributed by atoms with Crippen LogP contribution in [0.1, 0.15) is 35.1 Å². The molecule has 4 aromatic rings. The van der Waals surface area contributed by atoms with E-state index in [0.717, 1.165) is 29.7 Å². The van der Waals surface area contributed by atoms with E-state index in [-0.39, 0.29) is 11.9 Å². The highest BCUT2D eigenvalue weighted by molar-refractivity contribution is 6.00. The maximum atomic E-state index is 13.1. The van der Waals surface area contributed by atoms with Crippen molar-refractivity contribution in [1.29, 1.82) is 0 Å². The van der Waals surface area contributed by atoms with Crippen molar-refractivity contribution in [2.24, 2.45) is 0 Å². The monoisotopic (exact) mass is 332 g/mol. The van der Waals surface area contributed by atoms with Crippen molar-refractivity contribution in [2.75, 3.05) is 6.54 Å². The van der Waals surface area contributed by atoms with E-state index in [1.54, 1.807) is 29.2 Å². The SMILES string of the molecule is O=C(c1cnn2cccnc12)N1CCC[C@H]1c1nc2ccccc2[nH]1. The van der Waals surface area contributed by atoms with Gasteiger partial charge in [-0.05, 0) is 31.0 Å². The lowest BCUT2D eigenvalue weighted by molar-refractivity contribution is 0.0732. The Morgan fingerprint density at radius 1 is 1.24 bits per heavy atom. The quantitative estimate of drug-likeness (QED) is 0.612. The average molecular weight is 332 g/mol. The number of carbonyl (C=O) groups excluding carboxylic acids is 1. The number of rotatable bonds is 2. The summed E-state index contributed by atoms with van der Waals surface area (Å²) in [4.78, 5) is 27.3. The number of nitrogens with one attached hydrogen (secondary N) is 1. The fraction of sp³-hybridized carbons (Fsp3) is 0.222. The Hall–Kier alpha value is -3.22. The van der Waals surface area contributed by atoms with E-state index in [1.807, 2.05) is 29.2 Å². The maximum absolute atomic E-state index is 13.1. The molecule has 4 heterocycles. The second-order valence-corrected chi connectivity index (χ2v) is 6.24. The van der Waals surface area contributed by atoms with Gasteiger partial charge in [-0.1, -0.05) is 12.1 Å². The van der Waals surface area contributed by atoms with Gasteiger partial charge in [0.1, 0.15) is 11.4 Å². The van der Waals surface area contributed by atoms with Crippen LogP contribution >= 0.6 is 0 Å². The van der Waals surface area contributed by atoms with Crippen LogP contribution in [0.15, 0.2) is 48.9 Å². The van der Waals surface area contributed by atoms with Crippen LogP contribution in [-0.2, 0) is 0 Å². The molecule has 1 amide bonds. The van der Waals surface area contributed by atoms with Gasteiger partial charge in [0, 0.05) is 18.9 Å². The number of fused-ring (bicyclic) bond motifs is 2. The van der Waals surface area contributed by atoms with E-state index in [9.17, 15) is 4.79 Å². The molecule has 7 heteroatoms. The minimum Gasteiger partial charge on any atom is -0.340 e. The lowest BCUT2D eigenvalue weighted by Crippen LogP contribution is -2.31. The van der Waals surface area contributed by atoms with Crippen LogP contribution in [0.25, 0.3) is 16.7 Å². The molecule has 124 valence electrons. The van der Waals surface area contributed by atoms with Gasteiger partial charge >= 0.3 is 0 Å². The molecule has 1 aliphatic heterocycles. The number of hydrogen-bond acceptors (Lipinski definition) is 4. The van der Waals surface area contributed by atoms with E-state index in [2.05, 4.69) is 20.1 Å². The first kappa shape index (κ1) is 14.2. The van der Waals surface area contributed by atoms with Crippen molar-refractivity contribution < 1.29 is 4.79 Å². The minimum absolute atomic E-state index is 0.0430. The highest BCUT2D eigenvalue weighted by Crippen LogP contribution is 2.33. The van der Waals surface area contributed by atoms with E-state index >= 15 is 0 Å². The number of benzene rings is 1. The first-order valence-corrected chi connectivity index (χ1v) is 8.35. The average Bonchev–Trinajstić information content (AvgIpc) is 3.37. The van der Waals surface area contributed by atoms with Crippen molar-refractivity contribution in [1.82, 2.24) is 29.5 Å². The summed E-state index contributed by atoms with van der Waals surface area (Å²) in [5.41, 5.74) is 3.04. The number of para-hydroxylation sites is 2. The number of aromatic amines is 1. The van der Waals surface area contributed by atoms with Crippen molar-refractivity contribution in [2.45, 2.75) is 18.9 Å². The molecule has 1 atom stereocenters. The summed E-state index contributed by atoms with van der Waals surface area (Å²) in [6.07, 6.45) is 6.92. The van der Waals surface area contributed by atoms with Crippen LogP contribution < -0.4 is 0 Å². The van der Waals surface area contributed by atoms with Gasteiger partial charge in [-0.3, -0.25) is 4.79 Å². The zero-order valence-electron chi connectivity index (χ0n) is 13.5. The Morgan fingerprint density at radius 3 is 3.08 bits per heavy atom. The third kappa shape index (κ3) is 2.20. The van der Waals surface area contributed by atoms with Crippen LogP contribution in [-0.4, -0.2) is 41.9 Å². The molecule has 0 spiro atoms. The summed E-state index contributed by atoms with van der Waals surface area (Å²) in [7, 11) is 0. The normalized spacial score (nSPS) is 17.6. The van der Waals surface area contributed by atoms with Crippen molar-refractivity contribution in [3.63, 3.8) is 0 Å². The fourth-order valence-electron chi connectivity index (χ4n) is 3.56. The second kappa shape index (κ2) is 5.41. The molecular formula is C18H16N6O. The molecule has 1 aromatic carbocycles. The molecule has 1 fully saturated rings. The lowest BCUT2D eigenvalue weighted by Gasteiger charge is -2.22. The summed E-state index contributed by atoms with van der Waals surface area (Å²) in [5, 5.41) is 4.23. The van der Waals surface area contributed by atoms with Gasteiger partial charge in [-0.2, -0.15) is 5.10 Å². The molecule has 1 aliphatic rings. The minimum atomic E-state index is -0.0448. The van der Waals surface area contributed by atoms with Gasteiger partial charge in [0.15, 0.2) is 5.65 Å². The van der Waals surface area contributed by atoms with Crippen molar-refractivity contribution >= 4 is 22.6 Å². The number of likely N-dealkylation sites (tertiary alicyclic amines) is 1. The molecule has 1 saturated heterocycles. The number of aromatic nitrogens is 5. The second-order valence-electron chi connectivity index (χ2n) is 6.24. The summed E-state index contributed by atoms with van der Waals surface area (Å²) < 4.78 is 1.62. The van der Waals surface area contributed by atoms with Crippen LogP contribution in [0.2, 0.25) is 0 Å². The number of H-pyrrole nitrogens is 1. The molecule has 7 nitrogen and oxygen atoms in total. The van der Waals surface area contributed by atoms with Gasteiger partial charge in [-0.25, -0.2) is 14.5 Å². The largest absolute Gasteiger partial charge is 0.340 e. The molecular weight excluding hydrogens is 316 g/mol. The third-order valence-corrected chi connectivity index (χ3v) is 4.75. The number of imidazole rings is 1. The van der Waals surface area contributed by atoms with Crippen LogP contribution in [0.3, 0.4) is 0 Å². The predicted molar refractivity (Wildman–Crippen MR) is 92.1 cm³/mol. The van der Waals surface area contributed by atoms with Gasteiger partial charge < -0.3 is 9.88 Å². The standard InChI is InChI=1S/C18H16N6O/c25-18(12-11-20-24-10-4-8-19-17(12)24)23-9-3-7-15(23)16-21-13-5-1-2-6-14(13)22-16/h1-2,4-6,8,10-11,15H,3,7,9H2,(H,21,22)/t15-/m0/s1. The van der Waals surface area contributed by atoms with Gasteiger partial charge in [0.2, 0.25) is 0 Å². The highest BCUT2D eigenvalue weighted by Gasteiger charge is 2.34. The number of carbonyl (C=O) groups is 1. The molecule has 3 aromatic heterocycles. The smallest absolute Gasteiger partial charge is 0.259 e. The summed E-state index contributed by atoms with van der Waals surface area (Å²) in [6.45, 7) is 0.713. The van der Waals surface area contributed by atoms with Crippen molar-refractivity contribution in [3.05, 3.63) is 60.3 Å². The van der Waals surface area contributed by atoms with E-state index in [1.165, 1.54) is 0 Å².